The highest BCUT2D eigenvalue weighted by Gasteiger charge is 2.15. The second kappa shape index (κ2) is 6.73. The highest BCUT2D eigenvalue weighted by atomic mass is 16.5. The van der Waals surface area contributed by atoms with Crippen molar-refractivity contribution in [2.24, 2.45) is 0 Å². The van der Waals surface area contributed by atoms with Gasteiger partial charge >= 0.3 is 0 Å². The molecule has 1 N–H and O–H groups in total. The number of methoxy groups -OCH3 is 1. The summed E-state index contributed by atoms with van der Waals surface area (Å²) in [6.45, 7) is 4.44. The number of benzene rings is 2. The summed E-state index contributed by atoms with van der Waals surface area (Å²) in [7, 11) is 1.69. The van der Waals surface area contributed by atoms with Crippen LogP contribution in [0, 0.1) is 0 Å². The van der Waals surface area contributed by atoms with Crippen molar-refractivity contribution >= 4 is 10.8 Å². The van der Waals surface area contributed by atoms with E-state index >= 15 is 0 Å². The summed E-state index contributed by atoms with van der Waals surface area (Å²) < 4.78 is 11.2. The summed E-state index contributed by atoms with van der Waals surface area (Å²) in [5, 5.41) is 12.1. The zero-order valence-electron chi connectivity index (χ0n) is 12.3. The lowest BCUT2D eigenvalue weighted by atomic mass is 10.0. The Kier molecular flexibility index (Phi) is 4.99. The van der Waals surface area contributed by atoms with Gasteiger partial charge in [0.25, 0.3) is 0 Å². The monoisotopic (exact) mass is 274 g/mol. The molecule has 1 unspecified atom stereocenters. The minimum atomic E-state index is -0.552. The number of aliphatic hydroxyl groups excluding tert-OH is 1. The van der Waals surface area contributed by atoms with E-state index in [-0.39, 0.29) is 6.10 Å². The Morgan fingerprint density at radius 1 is 1.10 bits per heavy atom. The molecule has 2 atom stereocenters. The molecule has 0 aliphatic carbocycles. The molecule has 0 amide bonds. The molecule has 0 saturated heterocycles. The molecule has 0 aliphatic rings. The van der Waals surface area contributed by atoms with E-state index in [1.807, 2.05) is 43.3 Å². The van der Waals surface area contributed by atoms with Gasteiger partial charge in [-0.2, -0.15) is 0 Å². The van der Waals surface area contributed by atoms with Crippen LogP contribution in [0.15, 0.2) is 36.4 Å². The lowest BCUT2D eigenvalue weighted by molar-refractivity contribution is 0.131. The van der Waals surface area contributed by atoms with Crippen LogP contribution in [0.5, 0.6) is 5.75 Å². The van der Waals surface area contributed by atoms with Gasteiger partial charge in [-0.15, -0.1) is 0 Å². The third kappa shape index (κ3) is 3.30. The molecular weight excluding hydrogens is 252 g/mol. The summed E-state index contributed by atoms with van der Waals surface area (Å²) >= 11 is 0. The van der Waals surface area contributed by atoms with Crippen molar-refractivity contribution in [3.63, 3.8) is 0 Å². The standard InChI is InChI=1S/C17H22O3/c1-12(10-11-19-3)20-17-15(13(2)18)9-8-14-6-4-5-7-16(14)17/h4-9,12-13,18H,10-11H2,1-3H3/t12?,13-/m1/s1. The molecule has 0 aliphatic heterocycles. The minimum Gasteiger partial charge on any atom is -0.490 e. The van der Waals surface area contributed by atoms with Gasteiger partial charge in [-0.25, -0.2) is 0 Å². The quantitative estimate of drug-likeness (QED) is 0.873. The number of hydrogen-bond donors (Lipinski definition) is 1. The summed E-state index contributed by atoms with van der Waals surface area (Å²) in [5.41, 5.74) is 0.827. The van der Waals surface area contributed by atoms with E-state index in [9.17, 15) is 5.11 Å². The van der Waals surface area contributed by atoms with Crippen LogP contribution in [-0.2, 0) is 4.74 Å². The highest BCUT2D eigenvalue weighted by Crippen LogP contribution is 2.34. The number of hydrogen-bond acceptors (Lipinski definition) is 3. The Bertz CT molecular complexity index is 563. The van der Waals surface area contributed by atoms with Crippen LogP contribution < -0.4 is 4.74 Å². The van der Waals surface area contributed by atoms with Gasteiger partial charge in [0.2, 0.25) is 0 Å². The van der Waals surface area contributed by atoms with Gasteiger partial charge in [0.1, 0.15) is 5.75 Å². The third-order valence-electron chi connectivity index (χ3n) is 3.41. The van der Waals surface area contributed by atoms with Crippen LogP contribution in [-0.4, -0.2) is 24.9 Å². The van der Waals surface area contributed by atoms with E-state index < -0.39 is 6.10 Å². The Hall–Kier alpha value is -1.58. The predicted molar refractivity (Wildman–Crippen MR) is 81.2 cm³/mol. The van der Waals surface area contributed by atoms with Gasteiger partial charge in [0.15, 0.2) is 0 Å². The summed E-state index contributed by atoms with van der Waals surface area (Å²) in [5.74, 6) is 0.779. The van der Waals surface area contributed by atoms with Gasteiger partial charge in [0.05, 0.1) is 12.2 Å². The Labute approximate surface area is 120 Å². The van der Waals surface area contributed by atoms with Gasteiger partial charge in [-0.05, 0) is 19.2 Å². The molecule has 0 heterocycles. The molecule has 3 heteroatoms. The maximum absolute atomic E-state index is 9.95. The summed E-state index contributed by atoms with van der Waals surface area (Å²) in [6.07, 6.45) is 0.307. The summed E-state index contributed by atoms with van der Waals surface area (Å²) in [6, 6.07) is 12.0. The van der Waals surface area contributed by atoms with E-state index in [0.29, 0.717) is 6.61 Å². The van der Waals surface area contributed by atoms with E-state index in [0.717, 1.165) is 28.5 Å². The Morgan fingerprint density at radius 3 is 2.55 bits per heavy atom. The van der Waals surface area contributed by atoms with Crippen molar-refractivity contribution < 1.29 is 14.6 Å². The molecule has 2 aromatic carbocycles. The van der Waals surface area contributed by atoms with Crippen LogP contribution in [0.4, 0.5) is 0 Å². The first-order valence-electron chi connectivity index (χ1n) is 6.98. The molecule has 0 aromatic heterocycles. The largest absolute Gasteiger partial charge is 0.490 e. The van der Waals surface area contributed by atoms with Crippen molar-refractivity contribution in [2.45, 2.75) is 32.5 Å². The molecule has 3 nitrogen and oxygen atoms in total. The van der Waals surface area contributed by atoms with Gasteiger partial charge in [0, 0.05) is 31.1 Å². The molecule has 0 saturated carbocycles. The number of aliphatic hydroxyl groups is 1. The second-order valence-corrected chi connectivity index (χ2v) is 5.09. The molecule has 0 spiro atoms. The predicted octanol–water partition coefficient (Wildman–Crippen LogP) is 3.70. The maximum Gasteiger partial charge on any atom is 0.133 e. The SMILES string of the molecule is COCCC(C)Oc1c([C@@H](C)O)ccc2ccccc12. The molecule has 0 bridgehead atoms. The number of rotatable bonds is 6. The Balaban J connectivity index is 2.39. The molecule has 108 valence electrons. The van der Waals surface area contributed by atoms with Crippen LogP contribution in [0.25, 0.3) is 10.8 Å². The smallest absolute Gasteiger partial charge is 0.133 e. The van der Waals surface area contributed by atoms with Crippen molar-refractivity contribution in [3.05, 3.63) is 42.0 Å². The Morgan fingerprint density at radius 2 is 1.85 bits per heavy atom. The topological polar surface area (TPSA) is 38.7 Å². The normalized spacial score (nSPS) is 14.2. The fraction of sp³-hybridized carbons (Fsp3) is 0.412. The average Bonchev–Trinajstić information content (AvgIpc) is 2.45. The number of ether oxygens (including phenoxy) is 2. The van der Waals surface area contributed by atoms with Crippen LogP contribution >= 0.6 is 0 Å². The lowest BCUT2D eigenvalue weighted by Gasteiger charge is -2.20. The highest BCUT2D eigenvalue weighted by molar-refractivity contribution is 5.89. The van der Waals surface area contributed by atoms with Gasteiger partial charge < -0.3 is 14.6 Å². The van der Waals surface area contributed by atoms with E-state index in [4.69, 9.17) is 9.47 Å². The van der Waals surface area contributed by atoms with Crippen LogP contribution in [0.1, 0.15) is 31.9 Å². The average molecular weight is 274 g/mol. The molecule has 2 aromatic rings. The zero-order valence-corrected chi connectivity index (χ0v) is 12.3. The van der Waals surface area contributed by atoms with Crippen molar-refractivity contribution in [1.82, 2.24) is 0 Å². The molecular formula is C17H22O3. The molecule has 20 heavy (non-hydrogen) atoms. The van der Waals surface area contributed by atoms with Crippen LogP contribution in [0.3, 0.4) is 0 Å². The van der Waals surface area contributed by atoms with Gasteiger partial charge in [-0.1, -0.05) is 36.4 Å². The first-order chi connectivity index (χ1) is 9.63. The van der Waals surface area contributed by atoms with Gasteiger partial charge in [-0.3, -0.25) is 0 Å². The maximum atomic E-state index is 9.95. The van der Waals surface area contributed by atoms with Crippen molar-refractivity contribution in [1.29, 1.82) is 0 Å². The molecule has 0 radical (unpaired) electrons. The summed E-state index contributed by atoms with van der Waals surface area (Å²) in [4.78, 5) is 0. The van der Waals surface area contributed by atoms with Crippen LogP contribution in [0.2, 0.25) is 0 Å². The molecule has 2 rings (SSSR count). The fourth-order valence-corrected chi connectivity index (χ4v) is 2.26. The third-order valence-corrected chi connectivity index (χ3v) is 3.41. The first kappa shape index (κ1) is 14.8. The van der Waals surface area contributed by atoms with Crippen molar-refractivity contribution in [3.8, 4) is 5.75 Å². The fourth-order valence-electron chi connectivity index (χ4n) is 2.26. The minimum absolute atomic E-state index is 0.0401. The number of fused-ring (bicyclic) bond motifs is 1. The first-order valence-corrected chi connectivity index (χ1v) is 6.98. The van der Waals surface area contributed by atoms with E-state index in [2.05, 4.69) is 0 Å². The lowest BCUT2D eigenvalue weighted by Crippen LogP contribution is -2.15. The van der Waals surface area contributed by atoms with E-state index in [1.165, 1.54) is 0 Å². The molecule has 0 fully saturated rings. The second-order valence-electron chi connectivity index (χ2n) is 5.09. The zero-order chi connectivity index (χ0) is 14.5. The van der Waals surface area contributed by atoms with Crippen molar-refractivity contribution in [2.75, 3.05) is 13.7 Å². The van der Waals surface area contributed by atoms with E-state index in [1.54, 1.807) is 14.0 Å².